The molecule has 0 bridgehead atoms. The van der Waals surface area contributed by atoms with Gasteiger partial charge in [0.05, 0.1) is 0 Å². The van der Waals surface area contributed by atoms with Crippen molar-refractivity contribution in [1.29, 1.82) is 0 Å². The third-order valence-corrected chi connectivity index (χ3v) is 4.23. The number of carboxylic acids is 1. The highest BCUT2D eigenvalue weighted by Gasteiger charge is 1.87. The molecule has 4 rings (SSSR count). The van der Waals surface area contributed by atoms with Crippen LogP contribution in [0.4, 0.5) is 0 Å². The lowest BCUT2D eigenvalue weighted by Crippen LogP contribution is -1.90. The van der Waals surface area contributed by atoms with E-state index >= 15 is 0 Å². The third-order valence-electron chi connectivity index (χ3n) is 4.23. The number of aryl methyl sites for hydroxylation is 4. The van der Waals surface area contributed by atoms with E-state index in [0.717, 1.165) is 13.5 Å². The summed E-state index contributed by atoms with van der Waals surface area (Å²) < 4.78 is 0. The molecule has 0 saturated heterocycles. The van der Waals surface area contributed by atoms with Crippen molar-refractivity contribution in [2.24, 2.45) is 0 Å². The highest BCUT2D eigenvalue weighted by Crippen LogP contribution is 1.94. The molecule has 0 heterocycles. The number of hydrogen-bond acceptors (Lipinski definition) is 2. The first-order valence-electron chi connectivity index (χ1n) is 12.1. The van der Waals surface area contributed by atoms with Gasteiger partial charge in [-0.3, -0.25) is 4.79 Å². The summed E-state index contributed by atoms with van der Waals surface area (Å²) in [6, 6.07) is 41.0. The van der Waals surface area contributed by atoms with Crippen molar-refractivity contribution in [2.75, 3.05) is 7.11 Å². The summed E-state index contributed by atoms with van der Waals surface area (Å²) in [5.74, 6) is -0.711. The Morgan fingerprint density at radius 1 is 0.500 bits per heavy atom. The summed E-state index contributed by atoms with van der Waals surface area (Å²) in [6.07, 6.45) is 1.02. The Bertz CT molecular complexity index is 805. The number of carbonyl (C=O) groups is 1. The van der Waals surface area contributed by atoms with Gasteiger partial charge in [-0.1, -0.05) is 151 Å². The van der Waals surface area contributed by atoms with Crippen LogP contribution in [0.1, 0.15) is 42.0 Å². The van der Waals surface area contributed by atoms with E-state index in [2.05, 4.69) is 76.2 Å². The molecule has 0 aliphatic heterocycles. The molecule has 4 aromatic carbocycles. The van der Waals surface area contributed by atoms with Crippen molar-refractivity contribution < 1.29 is 15.0 Å². The zero-order valence-corrected chi connectivity index (χ0v) is 22.8. The number of benzene rings is 4. The number of carboxylic acid groups (broad SMARTS) is 1. The average Bonchev–Trinajstić information content (AvgIpc) is 2.89. The standard InChI is InChI=1S/4C7H8.C4H8O2.CH4O/c4*1-7-5-3-2-4-6-7;1-2-3-4(5)6;1-2/h4*2-6H,1H3;2-3H2,1H3,(H,5,6);2H,1H3. The molecule has 0 unspecified atom stereocenters. The summed E-state index contributed by atoms with van der Waals surface area (Å²) in [5.41, 5.74) is 5.29. The van der Waals surface area contributed by atoms with Gasteiger partial charge in [0.1, 0.15) is 0 Å². The summed E-state index contributed by atoms with van der Waals surface area (Å²) in [7, 11) is 1.00. The normalized spacial score (nSPS) is 8.31. The highest BCUT2D eigenvalue weighted by atomic mass is 16.4. The molecular weight excluding hydrogens is 444 g/mol. The van der Waals surface area contributed by atoms with E-state index < -0.39 is 5.97 Å². The quantitative estimate of drug-likeness (QED) is 0.297. The van der Waals surface area contributed by atoms with Crippen LogP contribution in [0, 0.1) is 27.7 Å². The fraction of sp³-hybridized carbons (Fsp3) is 0.242. The fourth-order valence-electron chi connectivity index (χ4n) is 2.35. The second kappa shape index (κ2) is 25.9. The molecule has 36 heavy (non-hydrogen) atoms. The molecule has 0 spiro atoms. The molecular formula is C33H44O3. The van der Waals surface area contributed by atoms with Gasteiger partial charge >= 0.3 is 5.97 Å². The van der Waals surface area contributed by atoms with Crippen molar-refractivity contribution in [3.05, 3.63) is 144 Å². The first-order valence-corrected chi connectivity index (χ1v) is 12.1. The Labute approximate surface area is 219 Å². The third kappa shape index (κ3) is 26.6. The van der Waals surface area contributed by atoms with Gasteiger partial charge in [0.15, 0.2) is 0 Å². The second-order valence-corrected chi connectivity index (χ2v) is 7.76. The van der Waals surface area contributed by atoms with E-state index in [9.17, 15) is 4.79 Å². The van der Waals surface area contributed by atoms with Crippen molar-refractivity contribution in [3.8, 4) is 0 Å². The van der Waals surface area contributed by atoms with Crippen molar-refractivity contribution >= 4 is 5.97 Å². The molecule has 0 saturated carbocycles. The van der Waals surface area contributed by atoms with Gasteiger partial charge in [0.25, 0.3) is 0 Å². The van der Waals surface area contributed by atoms with E-state index in [4.69, 9.17) is 10.2 Å². The SMILES string of the molecule is CCCC(=O)O.CO.Cc1ccccc1.Cc1ccccc1.Cc1ccccc1.Cc1ccccc1. The Kier molecular flexibility index (Phi) is 24.8. The zero-order chi connectivity index (χ0) is 27.4. The minimum absolute atomic E-state index is 0.292. The molecule has 4 aromatic rings. The van der Waals surface area contributed by atoms with Gasteiger partial charge in [-0.15, -0.1) is 0 Å². The molecule has 0 radical (unpaired) electrons. The molecule has 0 aromatic heterocycles. The summed E-state index contributed by atoms with van der Waals surface area (Å²) in [5, 5.41) is 14.9. The lowest BCUT2D eigenvalue weighted by molar-refractivity contribution is -0.137. The van der Waals surface area contributed by atoms with E-state index in [0.29, 0.717) is 6.42 Å². The van der Waals surface area contributed by atoms with Gasteiger partial charge in [0, 0.05) is 13.5 Å². The Morgan fingerprint density at radius 2 is 0.694 bits per heavy atom. The van der Waals surface area contributed by atoms with Gasteiger partial charge in [-0.2, -0.15) is 0 Å². The van der Waals surface area contributed by atoms with E-state index in [1.54, 1.807) is 0 Å². The van der Waals surface area contributed by atoms with Crippen LogP contribution < -0.4 is 0 Å². The number of hydrogen-bond donors (Lipinski definition) is 2. The van der Waals surface area contributed by atoms with Crippen LogP contribution in [0.5, 0.6) is 0 Å². The largest absolute Gasteiger partial charge is 0.481 e. The minimum atomic E-state index is -0.711. The van der Waals surface area contributed by atoms with Crippen LogP contribution in [0.3, 0.4) is 0 Å². The molecule has 0 aliphatic carbocycles. The summed E-state index contributed by atoms with van der Waals surface area (Å²) >= 11 is 0. The monoisotopic (exact) mass is 488 g/mol. The van der Waals surface area contributed by atoms with E-state index in [1.807, 2.05) is 79.7 Å². The van der Waals surface area contributed by atoms with E-state index in [1.165, 1.54) is 22.3 Å². The first-order chi connectivity index (χ1) is 17.3. The second-order valence-electron chi connectivity index (χ2n) is 7.76. The molecule has 3 heteroatoms. The molecule has 0 fully saturated rings. The number of aliphatic hydroxyl groups excluding tert-OH is 1. The molecule has 0 aliphatic rings. The molecule has 3 nitrogen and oxygen atoms in total. The predicted octanol–water partition coefficient (Wildman–Crippen LogP) is 8.46. The summed E-state index contributed by atoms with van der Waals surface area (Å²) in [6.45, 7) is 10.2. The minimum Gasteiger partial charge on any atom is -0.481 e. The molecule has 0 atom stereocenters. The van der Waals surface area contributed by atoms with Crippen LogP contribution in [-0.4, -0.2) is 23.3 Å². The number of aliphatic hydroxyl groups is 1. The Balaban J connectivity index is 0. The topological polar surface area (TPSA) is 57.5 Å². The summed E-state index contributed by atoms with van der Waals surface area (Å²) in [4.78, 5) is 9.60. The van der Waals surface area contributed by atoms with Crippen molar-refractivity contribution in [3.63, 3.8) is 0 Å². The van der Waals surface area contributed by atoms with Crippen LogP contribution in [0.15, 0.2) is 121 Å². The maximum absolute atomic E-state index is 9.60. The van der Waals surface area contributed by atoms with Crippen LogP contribution >= 0.6 is 0 Å². The van der Waals surface area contributed by atoms with Gasteiger partial charge < -0.3 is 10.2 Å². The van der Waals surface area contributed by atoms with E-state index in [-0.39, 0.29) is 0 Å². The number of aliphatic carboxylic acids is 1. The zero-order valence-electron chi connectivity index (χ0n) is 22.8. The molecule has 2 N–H and O–H groups in total. The lowest BCUT2D eigenvalue weighted by atomic mass is 10.2. The smallest absolute Gasteiger partial charge is 0.303 e. The van der Waals surface area contributed by atoms with Crippen molar-refractivity contribution in [1.82, 2.24) is 0 Å². The maximum Gasteiger partial charge on any atom is 0.303 e. The number of rotatable bonds is 2. The Hall–Kier alpha value is -3.69. The van der Waals surface area contributed by atoms with Crippen LogP contribution in [0.25, 0.3) is 0 Å². The van der Waals surface area contributed by atoms with Gasteiger partial charge in [-0.05, 0) is 34.1 Å². The average molecular weight is 489 g/mol. The predicted molar refractivity (Wildman–Crippen MR) is 155 cm³/mol. The first kappa shape index (κ1) is 34.5. The molecule has 194 valence electrons. The van der Waals surface area contributed by atoms with Crippen LogP contribution in [-0.2, 0) is 4.79 Å². The maximum atomic E-state index is 9.60. The van der Waals surface area contributed by atoms with Crippen molar-refractivity contribution in [2.45, 2.75) is 47.5 Å². The van der Waals surface area contributed by atoms with Crippen LogP contribution in [0.2, 0.25) is 0 Å². The van der Waals surface area contributed by atoms with Gasteiger partial charge in [0.2, 0.25) is 0 Å². The molecule has 0 amide bonds. The lowest BCUT2D eigenvalue weighted by Gasteiger charge is -1.82. The fourth-order valence-corrected chi connectivity index (χ4v) is 2.35. The highest BCUT2D eigenvalue weighted by molar-refractivity contribution is 5.66. The van der Waals surface area contributed by atoms with Gasteiger partial charge in [-0.25, -0.2) is 0 Å². The Morgan fingerprint density at radius 3 is 0.750 bits per heavy atom.